The van der Waals surface area contributed by atoms with Crippen LogP contribution >= 0.6 is 0 Å². The highest BCUT2D eigenvalue weighted by Crippen LogP contribution is 2.28. The Morgan fingerprint density at radius 1 is 1.10 bits per heavy atom. The van der Waals surface area contributed by atoms with E-state index in [0.717, 1.165) is 56.7 Å². The maximum absolute atomic E-state index is 14.3. The largest absolute Gasteiger partial charge is 0.385 e. The standard InChI is InChI=1S/C22H36FN3O3S/c1-15(2)30(27,28)25-20-7-5-18(6-8-20)12-24-21-9-19(23)10-22(11-21)26-13-16(3)29-17(4)14-26/h9-11,15-18,20,24-25H,5-8,12-14H2,1-4H3/t16-,17+,18?,20?. The van der Waals surface area contributed by atoms with Gasteiger partial charge in [0, 0.05) is 37.1 Å². The second kappa shape index (κ2) is 9.83. The van der Waals surface area contributed by atoms with Gasteiger partial charge in [0.1, 0.15) is 5.82 Å². The molecular formula is C22H36FN3O3S. The third kappa shape index (κ3) is 6.31. The second-order valence-electron chi connectivity index (χ2n) is 9.17. The summed E-state index contributed by atoms with van der Waals surface area (Å²) in [5, 5.41) is 3.00. The van der Waals surface area contributed by atoms with Crippen LogP contribution < -0.4 is 14.9 Å². The number of anilines is 2. The molecule has 0 aromatic heterocycles. The Morgan fingerprint density at radius 2 is 1.73 bits per heavy atom. The fourth-order valence-corrected chi connectivity index (χ4v) is 5.33. The summed E-state index contributed by atoms with van der Waals surface area (Å²) in [4.78, 5) is 2.18. The van der Waals surface area contributed by atoms with E-state index in [4.69, 9.17) is 4.74 Å². The highest BCUT2D eigenvalue weighted by molar-refractivity contribution is 7.90. The highest BCUT2D eigenvalue weighted by Gasteiger charge is 2.27. The molecule has 1 saturated carbocycles. The Balaban J connectivity index is 1.52. The van der Waals surface area contributed by atoms with Crippen molar-refractivity contribution in [3.63, 3.8) is 0 Å². The van der Waals surface area contributed by atoms with Crippen molar-refractivity contribution < 1.29 is 17.5 Å². The number of benzene rings is 1. The predicted molar refractivity (Wildman–Crippen MR) is 120 cm³/mol. The van der Waals surface area contributed by atoms with Crippen molar-refractivity contribution in [1.29, 1.82) is 0 Å². The van der Waals surface area contributed by atoms with Gasteiger partial charge in [0.05, 0.1) is 17.5 Å². The molecule has 2 atom stereocenters. The summed E-state index contributed by atoms with van der Waals surface area (Å²) in [5.74, 6) is 0.216. The first-order valence-corrected chi connectivity index (χ1v) is 12.6. The monoisotopic (exact) mass is 441 g/mol. The molecular weight excluding hydrogens is 405 g/mol. The van der Waals surface area contributed by atoms with Crippen LogP contribution in [-0.4, -0.2) is 51.6 Å². The van der Waals surface area contributed by atoms with Gasteiger partial charge in [0.15, 0.2) is 0 Å². The maximum atomic E-state index is 14.3. The van der Waals surface area contributed by atoms with Crippen LogP contribution in [0.25, 0.3) is 0 Å². The van der Waals surface area contributed by atoms with Gasteiger partial charge in [-0.25, -0.2) is 17.5 Å². The zero-order chi connectivity index (χ0) is 21.9. The lowest BCUT2D eigenvalue weighted by molar-refractivity contribution is -0.00523. The number of ether oxygens (including phenoxy) is 1. The van der Waals surface area contributed by atoms with E-state index in [1.165, 1.54) is 0 Å². The molecule has 3 rings (SSSR count). The minimum Gasteiger partial charge on any atom is -0.385 e. The third-order valence-electron chi connectivity index (χ3n) is 6.06. The third-order valence-corrected chi connectivity index (χ3v) is 7.96. The molecule has 1 heterocycles. The summed E-state index contributed by atoms with van der Waals surface area (Å²) in [6, 6.07) is 5.16. The Labute approximate surface area is 180 Å². The first-order chi connectivity index (χ1) is 14.1. The molecule has 2 fully saturated rings. The quantitative estimate of drug-likeness (QED) is 0.675. The Morgan fingerprint density at radius 3 is 2.33 bits per heavy atom. The van der Waals surface area contributed by atoms with Crippen molar-refractivity contribution in [2.24, 2.45) is 5.92 Å². The number of nitrogens with zero attached hydrogens (tertiary/aromatic N) is 1. The molecule has 1 saturated heterocycles. The lowest BCUT2D eigenvalue weighted by Gasteiger charge is -2.37. The van der Waals surface area contributed by atoms with Crippen LogP contribution in [0.2, 0.25) is 0 Å². The number of morpholine rings is 1. The number of sulfonamides is 1. The first kappa shape index (κ1) is 23.3. The summed E-state index contributed by atoms with van der Waals surface area (Å²) < 4.78 is 47.0. The van der Waals surface area contributed by atoms with Gasteiger partial charge < -0.3 is 15.0 Å². The highest BCUT2D eigenvalue weighted by atomic mass is 32.2. The summed E-state index contributed by atoms with van der Waals surface area (Å²) in [6.07, 6.45) is 3.85. The van der Waals surface area contributed by atoms with Crippen LogP contribution in [-0.2, 0) is 14.8 Å². The van der Waals surface area contributed by atoms with Gasteiger partial charge in [-0.1, -0.05) is 0 Å². The molecule has 2 N–H and O–H groups in total. The molecule has 2 aliphatic rings. The number of hydrogen-bond donors (Lipinski definition) is 2. The van der Waals surface area contributed by atoms with Gasteiger partial charge in [-0.15, -0.1) is 0 Å². The zero-order valence-electron chi connectivity index (χ0n) is 18.5. The van der Waals surface area contributed by atoms with Gasteiger partial charge in [-0.05, 0) is 77.5 Å². The van der Waals surface area contributed by atoms with Crippen LogP contribution in [0.5, 0.6) is 0 Å². The summed E-state index contributed by atoms with van der Waals surface area (Å²) in [5.41, 5.74) is 1.67. The van der Waals surface area contributed by atoms with E-state index in [9.17, 15) is 12.8 Å². The summed E-state index contributed by atoms with van der Waals surface area (Å²) in [6.45, 7) is 9.75. The number of rotatable bonds is 7. The zero-order valence-corrected chi connectivity index (χ0v) is 19.3. The van der Waals surface area contributed by atoms with Gasteiger partial charge in [0.25, 0.3) is 0 Å². The Hall–Kier alpha value is -1.38. The lowest BCUT2D eigenvalue weighted by Crippen LogP contribution is -2.45. The Bertz CT molecular complexity index is 800. The van der Waals surface area contributed by atoms with Gasteiger partial charge in [-0.3, -0.25) is 0 Å². The average molecular weight is 442 g/mol. The summed E-state index contributed by atoms with van der Waals surface area (Å²) in [7, 11) is -3.22. The normalized spacial score (nSPS) is 28.0. The number of hydrogen-bond acceptors (Lipinski definition) is 5. The minimum atomic E-state index is -3.22. The van der Waals surface area contributed by atoms with E-state index < -0.39 is 15.3 Å². The van der Waals surface area contributed by atoms with Crippen molar-refractivity contribution in [3.8, 4) is 0 Å². The molecule has 0 spiro atoms. The van der Waals surface area contributed by atoms with Gasteiger partial charge >= 0.3 is 0 Å². The molecule has 1 aliphatic heterocycles. The topological polar surface area (TPSA) is 70.7 Å². The first-order valence-electron chi connectivity index (χ1n) is 11.1. The van der Waals surface area contributed by atoms with E-state index >= 15 is 0 Å². The maximum Gasteiger partial charge on any atom is 0.214 e. The van der Waals surface area contributed by atoms with E-state index in [0.29, 0.717) is 5.92 Å². The van der Waals surface area contributed by atoms with Gasteiger partial charge in [-0.2, -0.15) is 0 Å². The molecule has 8 heteroatoms. The van der Waals surface area contributed by atoms with Crippen LogP contribution in [0.3, 0.4) is 0 Å². The summed E-state index contributed by atoms with van der Waals surface area (Å²) >= 11 is 0. The lowest BCUT2D eigenvalue weighted by atomic mass is 9.86. The number of halogens is 1. The van der Waals surface area contributed by atoms with Gasteiger partial charge in [0.2, 0.25) is 10.0 Å². The number of nitrogens with one attached hydrogen (secondary N) is 2. The van der Waals surface area contributed by atoms with Crippen LogP contribution in [0, 0.1) is 11.7 Å². The van der Waals surface area contributed by atoms with Crippen LogP contribution in [0.15, 0.2) is 18.2 Å². The smallest absolute Gasteiger partial charge is 0.214 e. The molecule has 170 valence electrons. The molecule has 1 aliphatic carbocycles. The van der Waals surface area contributed by atoms with Crippen molar-refractivity contribution in [3.05, 3.63) is 24.0 Å². The molecule has 0 unspecified atom stereocenters. The van der Waals surface area contributed by atoms with Crippen molar-refractivity contribution in [1.82, 2.24) is 4.72 Å². The molecule has 1 aromatic carbocycles. The van der Waals surface area contributed by atoms with E-state index in [1.54, 1.807) is 26.0 Å². The molecule has 1 aromatic rings. The van der Waals surface area contributed by atoms with Crippen LogP contribution in [0.4, 0.5) is 15.8 Å². The fourth-order valence-electron chi connectivity index (χ4n) is 4.36. The fraction of sp³-hybridized carbons (Fsp3) is 0.727. The van der Waals surface area contributed by atoms with Crippen molar-refractivity contribution >= 4 is 21.4 Å². The van der Waals surface area contributed by atoms with Crippen molar-refractivity contribution in [2.75, 3.05) is 29.9 Å². The molecule has 0 amide bonds. The van der Waals surface area contributed by atoms with E-state index in [2.05, 4.69) is 14.9 Å². The second-order valence-corrected chi connectivity index (χ2v) is 11.4. The van der Waals surface area contributed by atoms with Crippen molar-refractivity contribution in [2.45, 2.75) is 76.9 Å². The predicted octanol–water partition coefficient (Wildman–Crippen LogP) is 3.74. The molecule has 30 heavy (non-hydrogen) atoms. The molecule has 6 nitrogen and oxygen atoms in total. The molecule has 0 bridgehead atoms. The minimum absolute atomic E-state index is 0.0275. The van der Waals surface area contributed by atoms with Crippen LogP contribution in [0.1, 0.15) is 53.4 Å². The molecule has 0 radical (unpaired) electrons. The van der Waals surface area contributed by atoms with E-state index in [-0.39, 0.29) is 24.1 Å². The Kier molecular flexibility index (Phi) is 7.63. The SMILES string of the molecule is CC(C)S(=O)(=O)NC1CCC(CNc2cc(F)cc(N3C[C@@H](C)O[C@@H](C)C3)c2)CC1. The average Bonchev–Trinajstić information content (AvgIpc) is 2.66. The van der Waals surface area contributed by atoms with E-state index in [1.807, 2.05) is 19.9 Å².